The lowest BCUT2D eigenvalue weighted by Crippen LogP contribution is -2.52. The zero-order valence-corrected chi connectivity index (χ0v) is 12.9. The first-order chi connectivity index (χ1) is 11.1. The molecule has 0 spiro atoms. The molecule has 2 N–H and O–H groups in total. The lowest BCUT2D eigenvalue weighted by atomic mass is 9.84. The standard InChI is InChI=1S/C19H21NO3/c21-17-12-7-13-20(14-17)18(22)19(23,15-8-3-1-4-9-15)16-10-5-2-6-11-16/h1-6,8-11,17,21,23H,7,12-14H2. The third-order valence-corrected chi connectivity index (χ3v) is 4.38. The molecule has 1 unspecified atom stereocenters. The highest BCUT2D eigenvalue weighted by Crippen LogP contribution is 2.32. The highest BCUT2D eigenvalue weighted by atomic mass is 16.3. The van der Waals surface area contributed by atoms with E-state index in [1.54, 1.807) is 29.2 Å². The van der Waals surface area contributed by atoms with Gasteiger partial charge in [-0.1, -0.05) is 60.7 Å². The van der Waals surface area contributed by atoms with Crippen LogP contribution in [-0.2, 0) is 10.4 Å². The van der Waals surface area contributed by atoms with Crippen molar-refractivity contribution >= 4 is 5.91 Å². The van der Waals surface area contributed by atoms with E-state index >= 15 is 0 Å². The highest BCUT2D eigenvalue weighted by Gasteiger charge is 2.43. The maximum atomic E-state index is 13.1. The van der Waals surface area contributed by atoms with Crippen LogP contribution in [0, 0.1) is 0 Å². The summed E-state index contributed by atoms with van der Waals surface area (Å²) in [7, 11) is 0. The first-order valence-corrected chi connectivity index (χ1v) is 7.93. The molecule has 120 valence electrons. The molecule has 3 rings (SSSR count). The number of carbonyl (C=O) groups is 1. The Kier molecular flexibility index (Phi) is 4.46. The van der Waals surface area contributed by atoms with Crippen LogP contribution in [0.4, 0.5) is 0 Å². The Morgan fingerprint density at radius 1 is 1.00 bits per heavy atom. The molecular formula is C19H21NO3. The van der Waals surface area contributed by atoms with E-state index in [2.05, 4.69) is 0 Å². The van der Waals surface area contributed by atoms with Crippen molar-refractivity contribution in [3.63, 3.8) is 0 Å². The van der Waals surface area contributed by atoms with Gasteiger partial charge < -0.3 is 15.1 Å². The molecule has 4 nitrogen and oxygen atoms in total. The summed E-state index contributed by atoms with van der Waals surface area (Å²) in [6, 6.07) is 18.0. The van der Waals surface area contributed by atoms with Crippen molar-refractivity contribution in [3.05, 3.63) is 71.8 Å². The van der Waals surface area contributed by atoms with Crippen LogP contribution >= 0.6 is 0 Å². The zero-order valence-electron chi connectivity index (χ0n) is 12.9. The van der Waals surface area contributed by atoms with Gasteiger partial charge in [0.2, 0.25) is 0 Å². The monoisotopic (exact) mass is 311 g/mol. The van der Waals surface area contributed by atoms with Gasteiger partial charge in [0.1, 0.15) is 0 Å². The maximum Gasteiger partial charge on any atom is 0.264 e. The average Bonchev–Trinajstić information content (AvgIpc) is 2.62. The van der Waals surface area contributed by atoms with Crippen molar-refractivity contribution in [2.24, 2.45) is 0 Å². The van der Waals surface area contributed by atoms with Gasteiger partial charge >= 0.3 is 0 Å². The van der Waals surface area contributed by atoms with Crippen LogP contribution in [-0.4, -0.2) is 40.2 Å². The fourth-order valence-corrected chi connectivity index (χ4v) is 3.14. The minimum atomic E-state index is -1.74. The van der Waals surface area contributed by atoms with E-state index in [1.807, 2.05) is 36.4 Å². The van der Waals surface area contributed by atoms with E-state index in [9.17, 15) is 15.0 Å². The number of rotatable bonds is 3. The van der Waals surface area contributed by atoms with E-state index in [1.165, 1.54) is 0 Å². The van der Waals surface area contributed by atoms with Crippen LogP contribution in [0.1, 0.15) is 24.0 Å². The predicted octanol–water partition coefficient (Wildman–Crippen LogP) is 1.91. The summed E-state index contributed by atoms with van der Waals surface area (Å²) in [4.78, 5) is 14.7. The number of β-amino-alcohol motifs (C(OH)–C–C–N with tert-alkyl or cyclic N) is 1. The SMILES string of the molecule is O=C(N1CCCC(O)C1)C(O)(c1ccccc1)c1ccccc1. The second-order valence-electron chi connectivity index (χ2n) is 5.99. The number of hydrogen-bond donors (Lipinski definition) is 2. The third kappa shape index (κ3) is 3.00. The first kappa shape index (κ1) is 15.7. The summed E-state index contributed by atoms with van der Waals surface area (Å²) in [6.07, 6.45) is 0.911. The first-order valence-electron chi connectivity index (χ1n) is 7.93. The largest absolute Gasteiger partial charge is 0.391 e. The maximum absolute atomic E-state index is 13.1. The quantitative estimate of drug-likeness (QED) is 0.910. The van der Waals surface area contributed by atoms with Gasteiger partial charge in [-0.2, -0.15) is 0 Å². The minimum Gasteiger partial charge on any atom is -0.391 e. The second kappa shape index (κ2) is 6.52. The Hall–Kier alpha value is -2.17. The molecule has 0 saturated carbocycles. The average molecular weight is 311 g/mol. The summed E-state index contributed by atoms with van der Waals surface area (Å²) >= 11 is 0. The molecule has 1 heterocycles. The Labute approximate surface area is 136 Å². The van der Waals surface area contributed by atoms with E-state index in [4.69, 9.17) is 0 Å². The molecule has 1 saturated heterocycles. The number of piperidine rings is 1. The fourth-order valence-electron chi connectivity index (χ4n) is 3.14. The van der Waals surface area contributed by atoms with Crippen LogP contribution in [0.15, 0.2) is 60.7 Å². The third-order valence-electron chi connectivity index (χ3n) is 4.38. The Morgan fingerprint density at radius 2 is 1.52 bits per heavy atom. The number of aliphatic hydroxyl groups is 2. The van der Waals surface area contributed by atoms with Crippen molar-refractivity contribution in [2.75, 3.05) is 13.1 Å². The van der Waals surface area contributed by atoms with Gasteiger partial charge in [-0.3, -0.25) is 4.79 Å². The van der Waals surface area contributed by atoms with E-state index in [-0.39, 0.29) is 12.5 Å². The van der Waals surface area contributed by atoms with Gasteiger partial charge in [-0.05, 0) is 24.0 Å². The van der Waals surface area contributed by atoms with Gasteiger partial charge in [0.15, 0.2) is 5.60 Å². The molecule has 1 aliphatic heterocycles. The zero-order chi connectivity index (χ0) is 16.3. The number of likely N-dealkylation sites (tertiary alicyclic amines) is 1. The molecule has 1 amide bonds. The summed E-state index contributed by atoms with van der Waals surface area (Å²) in [5.74, 6) is -0.381. The number of nitrogens with zero attached hydrogens (tertiary/aromatic N) is 1. The van der Waals surface area contributed by atoms with E-state index < -0.39 is 11.7 Å². The topological polar surface area (TPSA) is 60.8 Å². The molecule has 0 aromatic heterocycles. The molecular weight excluding hydrogens is 290 g/mol. The van der Waals surface area contributed by atoms with Crippen LogP contribution in [0.25, 0.3) is 0 Å². The Bertz CT molecular complexity index is 617. The van der Waals surface area contributed by atoms with Crippen molar-refractivity contribution in [2.45, 2.75) is 24.5 Å². The van der Waals surface area contributed by atoms with Crippen LogP contribution in [0.5, 0.6) is 0 Å². The highest BCUT2D eigenvalue weighted by molar-refractivity contribution is 5.90. The predicted molar refractivity (Wildman–Crippen MR) is 87.7 cm³/mol. The summed E-state index contributed by atoms with van der Waals surface area (Å²) in [6.45, 7) is 0.818. The molecule has 1 atom stereocenters. The molecule has 2 aromatic rings. The molecule has 23 heavy (non-hydrogen) atoms. The minimum absolute atomic E-state index is 0.265. The number of benzene rings is 2. The van der Waals surface area contributed by atoms with E-state index in [0.29, 0.717) is 24.1 Å². The molecule has 2 aromatic carbocycles. The van der Waals surface area contributed by atoms with Crippen molar-refractivity contribution in [3.8, 4) is 0 Å². The van der Waals surface area contributed by atoms with Crippen molar-refractivity contribution in [1.29, 1.82) is 0 Å². The van der Waals surface area contributed by atoms with E-state index in [0.717, 1.165) is 6.42 Å². The number of carbonyl (C=O) groups excluding carboxylic acids is 1. The van der Waals surface area contributed by atoms with Crippen molar-refractivity contribution in [1.82, 2.24) is 4.90 Å². The van der Waals surface area contributed by atoms with Gasteiger partial charge in [0.25, 0.3) is 5.91 Å². The smallest absolute Gasteiger partial charge is 0.264 e. The molecule has 0 aliphatic carbocycles. The molecule has 1 fully saturated rings. The number of aliphatic hydroxyl groups excluding tert-OH is 1. The molecule has 4 heteroatoms. The molecule has 0 radical (unpaired) electrons. The van der Waals surface area contributed by atoms with Gasteiger partial charge in [-0.25, -0.2) is 0 Å². The summed E-state index contributed by atoms with van der Waals surface area (Å²) in [5, 5.41) is 21.2. The molecule has 0 bridgehead atoms. The Morgan fingerprint density at radius 3 is 2.00 bits per heavy atom. The number of amides is 1. The molecule has 1 aliphatic rings. The van der Waals surface area contributed by atoms with Crippen molar-refractivity contribution < 1.29 is 15.0 Å². The van der Waals surface area contributed by atoms with Crippen LogP contribution < -0.4 is 0 Å². The summed E-state index contributed by atoms with van der Waals surface area (Å²) in [5.41, 5.74) is -0.660. The Balaban J connectivity index is 2.04. The van der Waals surface area contributed by atoms with Gasteiger partial charge in [0.05, 0.1) is 6.10 Å². The lowest BCUT2D eigenvalue weighted by molar-refractivity contribution is -0.151. The second-order valence-corrected chi connectivity index (χ2v) is 5.99. The number of hydrogen-bond acceptors (Lipinski definition) is 3. The van der Waals surface area contributed by atoms with Gasteiger partial charge in [-0.15, -0.1) is 0 Å². The van der Waals surface area contributed by atoms with Crippen LogP contribution in [0.3, 0.4) is 0 Å². The van der Waals surface area contributed by atoms with Crippen LogP contribution in [0.2, 0.25) is 0 Å². The summed E-state index contributed by atoms with van der Waals surface area (Å²) < 4.78 is 0. The van der Waals surface area contributed by atoms with Gasteiger partial charge in [0, 0.05) is 13.1 Å². The lowest BCUT2D eigenvalue weighted by Gasteiger charge is -2.37. The fraction of sp³-hybridized carbons (Fsp3) is 0.316. The normalized spacial score (nSPS) is 18.7.